The van der Waals surface area contributed by atoms with Crippen LogP contribution in [-0.4, -0.2) is 60.3 Å². The van der Waals surface area contributed by atoms with Gasteiger partial charge in [-0.1, -0.05) is 50.0 Å². The molecule has 3 aromatic rings. The number of piperidine rings is 1. The molecule has 1 amide bonds. The molecule has 0 radical (unpaired) electrons. The molecule has 42 heavy (non-hydrogen) atoms. The summed E-state index contributed by atoms with van der Waals surface area (Å²) in [6, 6.07) is 14.6. The summed E-state index contributed by atoms with van der Waals surface area (Å²) in [6.07, 6.45) is -5.40. The van der Waals surface area contributed by atoms with Gasteiger partial charge < -0.3 is 19.5 Å². The quantitative estimate of drug-likeness (QED) is 0.198. The number of nitrogens with zero attached hydrogens (tertiary/aromatic N) is 4. The highest BCUT2D eigenvalue weighted by Gasteiger charge is 2.39. The maximum atomic E-state index is 14.0. The zero-order chi connectivity index (χ0) is 30.7. The number of nitriles is 1. The third-order valence-electron chi connectivity index (χ3n) is 7.94. The van der Waals surface area contributed by atoms with E-state index in [1.807, 2.05) is 36.4 Å². The number of amides is 1. The molecular formula is C30H37F3N4O4Si. The number of hydrogen-bond donors (Lipinski definition) is 1. The molecule has 1 aliphatic rings. The Balaban J connectivity index is 1.65. The number of halogens is 3. The Labute approximate surface area is 244 Å². The van der Waals surface area contributed by atoms with Crippen LogP contribution in [0.5, 0.6) is 0 Å². The lowest BCUT2D eigenvalue weighted by Crippen LogP contribution is -2.47. The number of fused-ring (bicyclic) bond motifs is 1. The van der Waals surface area contributed by atoms with Crippen molar-refractivity contribution in [3.63, 3.8) is 0 Å². The standard InChI is InChI=1S/C30H37F3N4O4Si/c1-21(41-19-29(22-8-6-5-7-9-22)10-12-36(13-11-29)28(38)39)24-16-23(30(31,32)33)17-25-26(18-34)37(35-27(24)25)20-40-14-15-42(2,3)4/h5-9,16-17,21H,10-15,19-20H2,1-4H3,(H,38,39). The minimum atomic E-state index is -4.64. The van der Waals surface area contributed by atoms with Gasteiger partial charge in [0.15, 0.2) is 0 Å². The molecule has 226 valence electrons. The Bertz CT molecular complexity index is 1440. The summed E-state index contributed by atoms with van der Waals surface area (Å²) in [5.41, 5.74) is 0.0773. The Morgan fingerprint density at radius 3 is 2.43 bits per heavy atom. The monoisotopic (exact) mass is 602 g/mol. The predicted octanol–water partition coefficient (Wildman–Crippen LogP) is 7.03. The Hall–Kier alpha value is -3.40. The molecule has 12 heteroatoms. The van der Waals surface area contributed by atoms with E-state index in [2.05, 4.69) is 24.7 Å². The van der Waals surface area contributed by atoms with Gasteiger partial charge in [-0.2, -0.15) is 23.5 Å². The molecule has 1 aliphatic heterocycles. The topological polar surface area (TPSA) is 101 Å². The zero-order valence-electron chi connectivity index (χ0n) is 24.4. The summed E-state index contributed by atoms with van der Waals surface area (Å²) in [4.78, 5) is 12.9. The van der Waals surface area contributed by atoms with Crippen LogP contribution < -0.4 is 0 Å². The van der Waals surface area contributed by atoms with Crippen LogP contribution >= 0.6 is 0 Å². The fourth-order valence-electron chi connectivity index (χ4n) is 5.28. The van der Waals surface area contributed by atoms with E-state index in [-0.39, 0.29) is 35.5 Å². The van der Waals surface area contributed by atoms with E-state index in [4.69, 9.17) is 9.47 Å². The highest BCUT2D eigenvalue weighted by molar-refractivity contribution is 6.76. The number of carbonyl (C=O) groups is 1. The van der Waals surface area contributed by atoms with Gasteiger partial charge in [-0.25, -0.2) is 9.48 Å². The largest absolute Gasteiger partial charge is 0.465 e. The molecule has 1 N–H and O–H groups in total. The highest BCUT2D eigenvalue weighted by atomic mass is 28.3. The van der Waals surface area contributed by atoms with E-state index in [1.165, 1.54) is 9.58 Å². The van der Waals surface area contributed by atoms with Crippen molar-refractivity contribution in [2.75, 3.05) is 26.3 Å². The molecule has 2 heterocycles. The normalized spacial score (nSPS) is 16.4. The van der Waals surface area contributed by atoms with Gasteiger partial charge in [0.05, 0.1) is 23.8 Å². The number of hydrogen-bond acceptors (Lipinski definition) is 5. The number of benzene rings is 2. The van der Waals surface area contributed by atoms with E-state index in [0.29, 0.717) is 32.5 Å². The molecule has 1 aromatic heterocycles. The second-order valence-electron chi connectivity index (χ2n) is 12.1. The maximum Gasteiger partial charge on any atom is 0.416 e. The summed E-state index contributed by atoms with van der Waals surface area (Å²) in [7, 11) is -1.36. The molecular weight excluding hydrogens is 565 g/mol. The van der Waals surface area contributed by atoms with Crippen molar-refractivity contribution in [2.24, 2.45) is 0 Å². The van der Waals surface area contributed by atoms with Crippen molar-refractivity contribution in [2.45, 2.75) is 69.9 Å². The molecule has 0 aliphatic carbocycles. The van der Waals surface area contributed by atoms with Crippen molar-refractivity contribution >= 4 is 25.1 Å². The predicted molar refractivity (Wildman–Crippen MR) is 155 cm³/mol. The number of alkyl halides is 3. The minimum Gasteiger partial charge on any atom is -0.465 e. The van der Waals surface area contributed by atoms with E-state index in [9.17, 15) is 28.3 Å². The van der Waals surface area contributed by atoms with Crippen LogP contribution in [0.25, 0.3) is 10.9 Å². The summed E-state index contributed by atoms with van der Waals surface area (Å²) in [5, 5.41) is 24.0. The first kappa shape index (κ1) is 31.5. The maximum absolute atomic E-state index is 14.0. The molecule has 0 bridgehead atoms. The molecule has 1 fully saturated rings. The van der Waals surface area contributed by atoms with Gasteiger partial charge in [0.2, 0.25) is 0 Å². The molecule has 8 nitrogen and oxygen atoms in total. The molecule has 1 unspecified atom stereocenters. The summed E-state index contributed by atoms with van der Waals surface area (Å²) >= 11 is 0. The summed E-state index contributed by atoms with van der Waals surface area (Å²) < 4.78 is 55.4. The van der Waals surface area contributed by atoms with E-state index < -0.39 is 37.4 Å². The van der Waals surface area contributed by atoms with Crippen molar-refractivity contribution < 1.29 is 32.5 Å². The Kier molecular flexibility index (Phi) is 9.35. The fraction of sp³-hybridized carbons (Fsp3) is 0.500. The second-order valence-corrected chi connectivity index (χ2v) is 17.8. The second kappa shape index (κ2) is 12.4. The Morgan fingerprint density at radius 1 is 1.19 bits per heavy atom. The molecule has 1 atom stereocenters. The van der Waals surface area contributed by atoms with Gasteiger partial charge in [-0.15, -0.1) is 0 Å². The van der Waals surface area contributed by atoms with Crippen molar-refractivity contribution in [1.29, 1.82) is 5.26 Å². The third-order valence-corrected chi connectivity index (χ3v) is 9.65. The van der Waals surface area contributed by atoms with E-state index in [0.717, 1.165) is 23.7 Å². The van der Waals surface area contributed by atoms with Gasteiger partial charge in [0, 0.05) is 44.1 Å². The van der Waals surface area contributed by atoms with Crippen molar-refractivity contribution in [3.05, 3.63) is 64.8 Å². The molecule has 0 spiro atoms. The number of carboxylic acid groups (broad SMARTS) is 1. The van der Waals surface area contributed by atoms with Gasteiger partial charge >= 0.3 is 12.3 Å². The van der Waals surface area contributed by atoms with Gasteiger partial charge in [0.25, 0.3) is 0 Å². The minimum absolute atomic E-state index is 0.000600. The van der Waals surface area contributed by atoms with E-state index >= 15 is 0 Å². The van der Waals surface area contributed by atoms with Crippen LogP contribution in [0.3, 0.4) is 0 Å². The lowest BCUT2D eigenvalue weighted by atomic mass is 9.73. The van der Waals surface area contributed by atoms with Gasteiger partial charge in [0.1, 0.15) is 18.5 Å². The van der Waals surface area contributed by atoms with Gasteiger partial charge in [-0.3, -0.25) is 0 Å². The first-order chi connectivity index (χ1) is 19.7. The molecule has 1 saturated heterocycles. The van der Waals surface area contributed by atoms with Crippen LogP contribution in [0.15, 0.2) is 42.5 Å². The molecule has 0 saturated carbocycles. The average Bonchev–Trinajstić information content (AvgIpc) is 3.30. The fourth-order valence-corrected chi connectivity index (χ4v) is 6.04. The SMILES string of the molecule is CC(OCC1(c2ccccc2)CCN(C(=O)O)CC1)c1cc(C(F)(F)F)cc2c(C#N)n(COCC[Si](C)(C)C)nc12. The number of likely N-dealkylation sites (tertiary alicyclic amines) is 1. The lowest BCUT2D eigenvalue weighted by molar-refractivity contribution is -0.137. The van der Waals surface area contributed by atoms with Crippen LogP contribution in [-0.2, 0) is 27.8 Å². The first-order valence-electron chi connectivity index (χ1n) is 14.0. The number of aromatic nitrogens is 2. The molecule has 4 rings (SSSR count). The number of ether oxygens (including phenoxy) is 2. The van der Waals surface area contributed by atoms with Crippen LogP contribution in [0.4, 0.5) is 18.0 Å². The Morgan fingerprint density at radius 2 is 1.86 bits per heavy atom. The summed E-state index contributed by atoms with van der Waals surface area (Å²) in [6.45, 7) is 9.56. The first-order valence-corrected chi connectivity index (χ1v) is 17.7. The zero-order valence-corrected chi connectivity index (χ0v) is 25.4. The van der Waals surface area contributed by atoms with Crippen molar-refractivity contribution in [1.82, 2.24) is 14.7 Å². The lowest BCUT2D eigenvalue weighted by Gasteiger charge is -2.41. The third kappa shape index (κ3) is 7.14. The smallest absolute Gasteiger partial charge is 0.416 e. The average molecular weight is 603 g/mol. The van der Waals surface area contributed by atoms with Crippen LogP contribution in [0.2, 0.25) is 25.7 Å². The van der Waals surface area contributed by atoms with E-state index in [1.54, 1.807) is 6.92 Å². The summed E-state index contributed by atoms with van der Waals surface area (Å²) in [5.74, 6) is 0. The van der Waals surface area contributed by atoms with Crippen LogP contribution in [0.1, 0.15) is 48.3 Å². The van der Waals surface area contributed by atoms with Crippen LogP contribution in [0, 0.1) is 11.3 Å². The van der Waals surface area contributed by atoms with Crippen molar-refractivity contribution in [3.8, 4) is 6.07 Å². The molecule has 2 aromatic carbocycles. The number of rotatable bonds is 10. The van der Waals surface area contributed by atoms with Gasteiger partial charge in [-0.05, 0) is 43.5 Å². The highest BCUT2D eigenvalue weighted by Crippen LogP contribution is 2.40.